The summed E-state index contributed by atoms with van der Waals surface area (Å²) in [5.41, 5.74) is 11.2. The smallest absolute Gasteiger partial charge is 0.336 e. The van der Waals surface area contributed by atoms with Gasteiger partial charge in [-0.05, 0) is 113 Å². The molecule has 278 valence electrons. The molecule has 2 heterocycles. The van der Waals surface area contributed by atoms with Crippen LogP contribution >= 0.6 is 0 Å². The summed E-state index contributed by atoms with van der Waals surface area (Å²) < 4.78 is 0. The van der Waals surface area contributed by atoms with Crippen LogP contribution in [-0.4, -0.2) is 59.8 Å². The fourth-order valence-electron chi connectivity index (χ4n) is 8.06. The predicted molar refractivity (Wildman–Crippen MR) is 208 cm³/mol. The minimum atomic E-state index is -0.958. The maximum Gasteiger partial charge on any atom is 0.336 e. The van der Waals surface area contributed by atoms with Crippen LogP contribution in [0.1, 0.15) is 119 Å². The standard InChI is InChI=1S/C44H51N3O6/c1-27(26-43(2,3)4)31-23-33-34(24-36(31)45-20-12-8-9-17-40(50)53-47-38(48)18-19-39(47)49)44(5,6)35-25-37-28(14-13-21-46(37)7)22-32(35)41(33)29-15-10-11-16-30(29)42(51)52/h10-11,15-16,22-26H,8-9,12-14,17-21H2,1-7H3,(H,51,52)/b27-26-,45-36+. The SMILES string of the molecule is C/C(=C/C(C)(C)C)C1=CC2=C(c3ccccc3C(=O)O)c3cc4c(cc3C(C)(C)C2=C/C1=N\CCCCCC(=O)ON1C(=O)CCC1=O)N(C)CCC4. The van der Waals surface area contributed by atoms with Gasteiger partial charge in [0.1, 0.15) is 0 Å². The number of unbranched alkanes of at least 4 members (excludes halogenated alkanes) is 2. The molecule has 53 heavy (non-hydrogen) atoms. The number of benzene rings is 2. The molecular formula is C44H51N3O6. The van der Waals surface area contributed by atoms with E-state index in [9.17, 15) is 24.3 Å². The molecule has 1 N–H and O–H groups in total. The molecule has 0 spiro atoms. The summed E-state index contributed by atoms with van der Waals surface area (Å²) in [5.74, 6) is -2.50. The first-order valence-corrected chi connectivity index (χ1v) is 18.8. The minimum absolute atomic E-state index is 0.0701. The van der Waals surface area contributed by atoms with Crippen LogP contribution in [0.5, 0.6) is 0 Å². The van der Waals surface area contributed by atoms with E-state index in [0.29, 0.717) is 23.6 Å². The van der Waals surface area contributed by atoms with E-state index >= 15 is 0 Å². The summed E-state index contributed by atoms with van der Waals surface area (Å²) in [6, 6.07) is 12.0. The van der Waals surface area contributed by atoms with Crippen LogP contribution in [0, 0.1) is 5.41 Å². The summed E-state index contributed by atoms with van der Waals surface area (Å²) in [5, 5.41) is 11.0. The monoisotopic (exact) mass is 717 g/mol. The maximum atomic E-state index is 12.7. The fourth-order valence-corrected chi connectivity index (χ4v) is 8.06. The molecule has 0 bridgehead atoms. The van der Waals surface area contributed by atoms with Gasteiger partial charge in [-0.2, -0.15) is 0 Å². The van der Waals surface area contributed by atoms with E-state index in [1.165, 1.54) is 11.3 Å². The molecule has 2 amide bonds. The Labute approximate surface area is 312 Å². The Hall–Kier alpha value is -5.05. The molecule has 9 nitrogen and oxygen atoms in total. The highest BCUT2D eigenvalue weighted by Crippen LogP contribution is 2.53. The number of hydrogen-bond acceptors (Lipinski definition) is 7. The predicted octanol–water partition coefficient (Wildman–Crippen LogP) is 8.33. The van der Waals surface area contributed by atoms with Gasteiger partial charge in [0.25, 0.3) is 11.8 Å². The van der Waals surface area contributed by atoms with Crippen LogP contribution < -0.4 is 4.90 Å². The van der Waals surface area contributed by atoms with E-state index in [4.69, 9.17) is 9.83 Å². The number of carbonyl (C=O) groups excluding carboxylic acids is 3. The van der Waals surface area contributed by atoms with Crippen LogP contribution in [-0.2, 0) is 31.1 Å². The lowest BCUT2D eigenvalue weighted by Crippen LogP contribution is -2.32. The number of nitrogens with zero attached hydrogens (tertiary/aromatic N) is 3. The van der Waals surface area contributed by atoms with Gasteiger partial charge in [0.15, 0.2) is 0 Å². The van der Waals surface area contributed by atoms with Crippen molar-refractivity contribution in [1.82, 2.24) is 5.06 Å². The number of carbonyl (C=O) groups is 4. The second-order valence-electron chi connectivity index (χ2n) is 16.2. The Morgan fingerprint density at radius 2 is 1.70 bits per heavy atom. The first-order valence-electron chi connectivity index (χ1n) is 18.8. The number of amides is 2. The summed E-state index contributed by atoms with van der Waals surface area (Å²) in [6.07, 6.45) is 11.0. The van der Waals surface area contributed by atoms with E-state index < -0.39 is 29.2 Å². The Morgan fingerprint density at radius 1 is 0.981 bits per heavy atom. The third-order valence-electron chi connectivity index (χ3n) is 10.6. The van der Waals surface area contributed by atoms with Crippen LogP contribution in [0.25, 0.3) is 5.57 Å². The van der Waals surface area contributed by atoms with Crippen molar-refractivity contribution in [1.29, 1.82) is 0 Å². The number of anilines is 1. The number of hydrogen-bond donors (Lipinski definition) is 1. The van der Waals surface area contributed by atoms with Crippen LogP contribution in [0.2, 0.25) is 0 Å². The van der Waals surface area contributed by atoms with Gasteiger partial charge in [-0.15, -0.1) is 5.06 Å². The average molecular weight is 718 g/mol. The van der Waals surface area contributed by atoms with Gasteiger partial charge in [-0.25, -0.2) is 9.59 Å². The topological polar surface area (TPSA) is 117 Å². The number of imide groups is 1. The number of carboxylic acids is 1. The quantitative estimate of drug-likeness (QED) is 0.194. The lowest BCUT2D eigenvalue weighted by atomic mass is 9.62. The van der Waals surface area contributed by atoms with Crippen LogP contribution in [0.15, 0.2) is 81.9 Å². The first kappa shape index (κ1) is 37.7. The van der Waals surface area contributed by atoms with Crippen molar-refractivity contribution in [3.8, 4) is 0 Å². The molecule has 0 radical (unpaired) electrons. The Balaban J connectivity index is 1.40. The number of allylic oxidation sites excluding steroid dienone is 7. The summed E-state index contributed by atoms with van der Waals surface area (Å²) in [4.78, 5) is 61.1. The normalized spacial score (nSPS) is 19.2. The number of fused-ring (bicyclic) bond motifs is 3. The van der Waals surface area contributed by atoms with Gasteiger partial charge in [0.2, 0.25) is 0 Å². The second-order valence-corrected chi connectivity index (χ2v) is 16.2. The number of aliphatic imine (C=N–C) groups is 1. The van der Waals surface area contributed by atoms with Gasteiger partial charge in [0.05, 0.1) is 11.3 Å². The molecule has 4 aliphatic rings. The van der Waals surface area contributed by atoms with Gasteiger partial charge in [-0.3, -0.25) is 14.6 Å². The van der Waals surface area contributed by atoms with Crippen molar-refractivity contribution in [2.75, 3.05) is 25.0 Å². The second kappa shape index (κ2) is 14.8. The molecule has 9 heteroatoms. The van der Waals surface area contributed by atoms with E-state index in [0.717, 1.165) is 76.9 Å². The van der Waals surface area contributed by atoms with Gasteiger partial charge in [-0.1, -0.05) is 65.3 Å². The number of hydroxylamine groups is 2. The molecule has 1 fully saturated rings. The van der Waals surface area contributed by atoms with Gasteiger partial charge in [0, 0.05) is 56.1 Å². The van der Waals surface area contributed by atoms with E-state index in [1.807, 2.05) is 12.1 Å². The van der Waals surface area contributed by atoms with E-state index in [-0.39, 0.29) is 30.2 Å². The highest BCUT2D eigenvalue weighted by molar-refractivity contribution is 6.16. The van der Waals surface area contributed by atoms with Crippen LogP contribution in [0.3, 0.4) is 0 Å². The van der Waals surface area contributed by atoms with Crippen molar-refractivity contribution in [3.05, 3.63) is 105 Å². The van der Waals surface area contributed by atoms with Crippen molar-refractivity contribution in [2.24, 2.45) is 10.4 Å². The average Bonchev–Trinajstić information content (AvgIpc) is 3.41. The Kier molecular flexibility index (Phi) is 10.5. The maximum absolute atomic E-state index is 12.7. The molecule has 2 aliphatic heterocycles. The van der Waals surface area contributed by atoms with Crippen molar-refractivity contribution in [3.63, 3.8) is 0 Å². The van der Waals surface area contributed by atoms with Gasteiger partial charge >= 0.3 is 11.9 Å². The highest BCUT2D eigenvalue weighted by atomic mass is 16.7. The third-order valence-corrected chi connectivity index (χ3v) is 10.6. The molecule has 2 aromatic rings. The number of rotatable bonds is 10. The molecule has 0 saturated carbocycles. The summed E-state index contributed by atoms with van der Waals surface area (Å²) in [7, 11) is 2.14. The van der Waals surface area contributed by atoms with E-state index in [2.05, 4.69) is 83.9 Å². The number of carboxylic acid groups (broad SMARTS) is 1. The molecular weight excluding hydrogens is 666 g/mol. The zero-order valence-electron chi connectivity index (χ0n) is 32.1. The van der Waals surface area contributed by atoms with Gasteiger partial charge < -0.3 is 14.8 Å². The van der Waals surface area contributed by atoms with Crippen molar-refractivity contribution < 1.29 is 29.1 Å². The highest BCUT2D eigenvalue weighted by Gasteiger charge is 2.41. The Bertz CT molecular complexity index is 2020. The zero-order chi connectivity index (χ0) is 38.2. The fraction of sp³-hybridized carbons (Fsp3) is 0.432. The lowest BCUT2D eigenvalue weighted by Gasteiger charge is -2.42. The lowest BCUT2D eigenvalue weighted by molar-refractivity contribution is -0.197. The Morgan fingerprint density at radius 3 is 2.40 bits per heavy atom. The first-order chi connectivity index (χ1) is 25.1. The van der Waals surface area contributed by atoms with Crippen molar-refractivity contribution >= 4 is 40.7 Å². The minimum Gasteiger partial charge on any atom is -0.478 e. The van der Waals surface area contributed by atoms with Crippen molar-refractivity contribution in [2.45, 2.75) is 98.3 Å². The molecule has 0 unspecified atom stereocenters. The molecule has 0 atom stereocenters. The summed E-state index contributed by atoms with van der Waals surface area (Å²) in [6.45, 7) is 14.7. The zero-order valence-corrected chi connectivity index (χ0v) is 32.1. The third kappa shape index (κ3) is 7.71. The van der Waals surface area contributed by atoms with Crippen LogP contribution in [0.4, 0.5) is 5.69 Å². The molecule has 6 rings (SSSR count). The molecule has 2 aromatic carbocycles. The largest absolute Gasteiger partial charge is 0.478 e. The number of aromatic carboxylic acids is 1. The number of aryl methyl sites for hydroxylation is 1. The molecule has 1 saturated heterocycles. The molecule has 0 aromatic heterocycles. The molecule has 2 aliphatic carbocycles. The summed E-state index contributed by atoms with van der Waals surface area (Å²) >= 11 is 0. The van der Waals surface area contributed by atoms with E-state index in [1.54, 1.807) is 12.1 Å².